The van der Waals surface area contributed by atoms with E-state index >= 15 is 0 Å². The van der Waals surface area contributed by atoms with Crippen LogP contribution in [0.2, 0.25) is 5.02 Å². The van der Waals surface area contributed by atoms with Gasteiger partial charge in [-0.1, -0.05) is 24.9 Å². The van der Waals surface area contributed by atoms with E-state index in [2.05, 4.69) is 12.0 Å². The molecular weight excluding hydrogens is 256 g/mol. The number of thioether (sulfide) groups is 1. The number of aromatic nitrogens is 2. The lowest BCUT2D eigenvalue weighted by molar-refractivity contribution is 0.336. The largest absolute Gasteiger partial charge is 0.287 e. The van der Waals surface area contributed by atoms with Crippen molar-refractivity contribution in [1.29, 1.82) is 0 Å². The van der Waals surface area contributed by atoms with E-state index in [1.807, 2.05) is 20.8 Å². The predicted molar refractivity (Wildman–Crippen MR) is 74.1 cm³/mol. The van der Waals surface area contributed by atoms with E-state index in [1.165, 1.54) is 4.68 Å². The molecule has 0 aromatic carbocycles. The van der Waals surface area contributed by atoms with Crippen molar-refractivity contribution < 1.29 is 0 Å². The Hall–Kier alpha value is -0.480. The minimum absolute atomic E-state index is 0.208. The lowest BCUT2D eigenvalue weighted by Crippen LogP contribution is -2.36. The summed E-state index contributed by atoms with van der Waals surface area (Å²) in [5, 5.41) is 4.48. The molecule has 3 nitrogen and oxygen atoms in total. The first-order valence-electron chi connectivity index (χ1n) is 5.79. The third-order valence-corrected chi connectivity index (χ3v) is 3.87. The molecule has 1 aromatic heterocycles. The second-order valence-corrected chi connectivity index (χ2v) is 6.43. The van der Waals surface area contributed by atoms with Gasteiger partial charge in [0.25, 0.3) is 5.56 Å². The second-order valence-electron chi connectivity index (χ2n) is 4.91. The van der Waals surface area contributed by atoms with Gasteiger partial charge in [0.2, 0.25) is 0 Å². The van der Waals surface area contributed by atoms with Crippen LogP contribution >= 0.6 is 23.4 Å². The van der Waals surface area contributed by atoms with Gasteiger partial charge in [-0.05, 0) is 32.9 Å². The van der Waals surface area contributed by atoms with Gasteiger partial charge in [-0.2, -0.15) is 5.10 Å². The van der Waals surface area contributed by atoms with Crippen LogP contribution in [0.5, 0.6) is 0 Å². The third kappa shape index (κ3) is 3.75. The normalized spacial score (nSPS) is 11.8. The SMILES string of the molecule is CCCCSc1cnn(C(C)(C)C)c(=O)c1Cl. The van der Waals surface area contributed by atoms with Crippen LogP contribution in [-0.2, 0) is 5.54 Å². The van der Waals surface area contributed by atoms with Gasteiger partial charge in [0.1, 0.15) is 5.02 Å². The summed E-state index contributed by atoms with van der Waals surface area (Å²) >= 11 is 7.69. The van der Waals surface area contributed by atoms with Crippen molar-refractivity contribution in [2.45, 2.75) is 51.0 Å². The number of nitrogens with zero attached hydrogens (tertiary/aromatic N) is 2. The van der Waals surface area contributed by atoms with E-state index in [1.54, 1.807) is 18.0 Å². The fraction of sp³-hybridized carbons (Fsp3) is 0.667. The monoisotopic (exact) mass is 274 g/mol. The van der Waals surface area contributed by atoms with E-state index in [-0.39, 0.29) is 16.1 Å². The topological polar surface area (TPSA) is 34.9 Å². The molecule has 1 rings (SSSR count). The minimum Gasteiger partial charge on any atom is -0.266 e. The molecule has 0 spiro atoms. The Kier molecular flexibility index (Phi) is 5.07. The maximum absolute atomic E-state index is 12.0. The molecule has 96 valence electrons. The van der Waals surface area contributed by atoms with E-state index in [0.29, 0.717) is 0 Å². The van der Waals surface area contributed by atoms with Gasteiger partial charge in [-0.15, -0.1) is 11.8 Å². The fourth-order valence-corrected chi connectivity index (χ4v) is 2.60. The molecule has 0 aliphatic carbocycles. The molecule has 0 atom stereocenters. The van der Waals surface area contributed by atoms with E-state index in [9.17, 15) is 4.79 Å². The van der Waals surface area contributed by atoms with Gasteiger partial charge in [0, 0.05) is 0 Å². The molecule has 0 saturated heterocycles. The number of hydrogen-bond donors (Lipinski definition) is 0. The molecule has 0 amide bonds. The highest BCUT2D eigenvalue weighted by Crippen LogP contribution is 2.25. The predicted octanol–water partition coefficient (Wildman–Crippen LogP) is 3.54. The Balaban J connectivity index is 2.99. The van der Waals surface area contributed by atoms with E-state index < -0.39 is 0 Å². The van der Waals surface area contributed by atoms with Crippen LogP contribution < -0.4 is 5.56 Å². The Labute approximate surface area is 112 Å². The van der Waals surface area contributed by atoms with Crippen molar-refractivity contribution in [3.63, 3.8) is 0 Å². The van der Waals surface area contributed by atoms with E-state index in [4.69, 9.17) is 11.6 Å². The Morgan fingerprint density at radius 3 is 2.65 bits per heavy atom. The lowest BCUT2D eigenvalue weighted by Gasteiger charge is -2.21. The summed E-state index contributed by atoms with van der Waals surface area (Å²) in [6, 6.07) is 0. The van der Waals surface area contributed by atoms with E-state index in [0.717, 1.165) is 23.5 Å². The minimum atomic E-state index is -0.340. The zero-order valence-corrected chi connectivity index (χ0v) is 12.4. The molecule has 17 heavy (non-hydrogen) atoms. The van der Waals surface area contributed by atoms with Crippen LogP contribution in [0.3, 0.4) is 0 Å². The molecule has 0 aliphatic rings. The molecular formula is C12H19ClN2OS. The number of rotatable bonds is 4. The Morgan fingerprint density at radius 2 is 2.12 bits per heavy atom. The first kappa shape index (κ1) is 14.6. The highest BCUT2D eigenvalue weighted by molar-refractivity contribution is 7.99. The summed E-state index contributed by atoms with van der Waals surface area (Å²) in [5.74, 6) is 0.969. The summed E-state index contributed by atoms with van der Waals surface area (Å²) in [6.45, 7) is 7.93. The van der Waals surface area contributed by atoms with Crippen molar-refractivity contribution in [2.24, 2.45) is 0 Å². The summed E-state index contributed by atoms with van der Waals surface area (Å²) < 4.78 is 1.43. The molecule has 0 N–H and O–H groups in total. The van der Waals surface area contributed by atoms with Crippen molar-refractivity contribution in [3.05, 3.63) is 21.6 Å². The van der Waals surface area contributed by atoms with Crippen LogP contribution in [0, 0.1) is 0 Å². The van der Waals surface area contributed by atoms with Crippen molar-refractivity contribution >= 4 is 23.4 Å². The fourth-order valence-electron chi connectivity index (χ4n) is 1.32. The molecule has 0 radical (unpaired) electrons. The third-order valence-electron chi connectivity index (χ3n) is 2.28. The van der Waals surface area contributed by atoms with Crippen LogP contribution in [0.1, 0.15) is 40.5 Å². The summed E-state index contributed by atoms with van der Waals surface area (Å²) in [4.78, 5) is 12.8. The molecule has 0 aliphatic heterocycles. The molecule has 0 unspecified atom stereocenters. The Morgan fingerprint density at radius 1 is 1.47 bits per heavy atom. The Bertz CT molecular complexity index is 437. The average molecular weight is 275 g/mol. The van der Waals surface area contributed by atoms with Gasteiger partial charge < -0.3 is 0 Å². The van der Waals surface area contributed by atoms with Crippen molar-refractivity contribution in [2.75, 3.05) is 5.75 Å². The average Bonchev–Trinajstić information content (AvgIpc) is 2.23. The van der Waals surface area contributed by atoms with Gasteiger partial charge in [0.15, 0.2) is 0 Å². The van der Waals surface area contributed by atoms with Crippen LogP contribution in [0.15, 0.2) is 15.9 Å². The number of halogens is 1. The first-order chi connectivity index (χ1) is 7.88. The van der Waals surface area contributed by atoms with Crippen molar-refractivity contribution in [1.82, 2.24) is 9.78 Å². The van der Waals surface area contributed by atoms with Crippen LogP contribution in [0.4, 0.5) is 0 Å². The lowest BCUT2D eigenvalue weighted by atomic mass is 10.1. The molecule has 0 bridgehead atoms. The van der Waals surface area contributed by atoms with Gasteiger partial charge in [-0.3, -0.25) is 4.79 Å². The standard InChI is InChI=1S/C12H19ClN2OS/c1-5-6-7-17-9-8-14-15(12(2,3)4)11(16)10(9)13/h8H,5-7H2,1-4H3. The molecule has 5 heteroatoms. The van der Waals surface area contributed by atoms with Gasteiger partial charge in [-0.25, -0.2) is 4.68 Å². The first-order valence-corrected chi connectivity index (χ1v) is 7.15. The smallest absolute Gasteiger partial charge is 0.266 e. The van der Waals surface area contributed by atoms with Crippen molar-refractivity contribution in [3.8, 4) is 0 Å². The summed E-state index contributed by atoms with van der Waals surface area (Å²) in [7, 11) is 0. The number of unbranched alkanes of at least 4 members (excludes halogenated alkanes) is 1. The number of hydrogen-bond acceptors (Lipinski definition) is 3. The molecule has 1 heterocycles. The zero-order valence-electron chi connectivity index (χ0n) is 10.8. The molecule has 1 aromatic rings. The highest BCUT2D eigenvalue weighted by atomic mass is 35.5. The van der Waals surface area contributed by atoms with Crippen LogP contribution in [-0.4, -0.2) is 15.5 Å². The van der Waals surface area contributed by atoms with Gasteiger partial charge >= 0.3 is 0 Å². The zero-order chi connectivity index (χ0) is 13.1. The second kappa shape index (κ2) is 5.91. The maximum atomic E-state index is 12.0. The van der Waals surface area contributed by atoms with Crippen LogP contribution in [0.25, 0.3) is 0 Å². The molecule has 0 fully saturated rings. The summed E-state index contributed by atoms with van der Waals surface area (Å²) in [6.07, 6.45) is 3.94. The summed E-state index contributed by atoms with van der Waals surface area (Å²) in [5.41, 5.74) is -0.548. The maximum Gasteiger partial charge on any atom is 0.287 e. The molecule has 0 saturated carbocycles. The quantitative estimate of drug-likeness (QED) is 0.622. The highest BCUT2D eigenvalue weighted by Gasteiger charge is 2.19. The van der Waals surface area contributed by atoms with Gasteiger partial charge in [0.05, 0.1) is 16.6 Å².